The minimum atomic E-state index is -1.74. The minimum Gasteiger partial charge on any atom is -0.480 e. The number of amides is 6. The van der Waals surface area contributed by atoms with Gasteiger partial charge in [0.25, 0.3) is 5.91 Å². The van der Waals surface area contributed by atoms with E-state index in [0.717, 1.165) is 36.0 Å². The highest BCUT2D eigenvalue weighted by Crippen LogP contribution is 2.23. The summed E-state index contributed by atoms with van der Waals surface area (Å²) in [4.78, 5) is 92.4. The number of rotatable bonds is 26. The molecule has 0 saturated heterocycles. The topological polar surface area (TPSA) is 257 Å². The van der Waals surface area contributed by atoms with Crippen LogP contribution in [0.25, 0.3) is 11.1 Å². The molecule has 0 heterocycles. The van der Waals surface area contributed by atoms with Crippen molar-refractivity contribution in [2.75, 3.05) is 19.7 Å². The Labute approximate surface area is 396 Å². The number of nitrogens with two attached hydrogens (primary N) is 1. The molecule has 0 aliphatic carbocycles. The zero-order valence-corrected chi connectivity index (χ0v) is 41.4. The van der Waals surface area contributed by atoms with Crippen LogP contribution in [-0.4, -0.2) is 113 Å². The van der Waals surface area contributed by atoms with Crippen molar-refractivity contribution in [2.45, 2.75) is 169 Å². The Morgan fingerprint density at radius 1 is 0.701 bits per heavy atom. The quantitative estimate of drug-likeness (QED) is 0.0454. The van der Waals surface area contributed by atoms with Crippen LogP contribution < -0.4 is 32.3 Å². The van der Waals surface area contributed by atoms with Gasteiger partial charge in [0, 0.05) is 33.2 Å². The molecule has 374 valence electrons. The molecule has 18 heteroatoms. The molecule has 0 radical (unpaired) electrons. The number of hydrogen-bond donors (Lipinski definition) is 7. The summed E-state index contributed by atoms with van der Waals surface area (Å²) >= 11 is 0. The monoisotopic (exact) mass is 940 g/mol. The van der Waals surface area contributed by atoms with Crippen LogP contribution in [0.2, 0.25) is 0 Å². The van der Waals surface area contributed by atoms with Gasteiger partial charge in [0.1, 0.15) is 29.3 Å². The normalized spacial score (nSPS) is 13.8. The number of unbranched alkanes of at least 4 members (excludes halogenated alkanes) is 2. The number of hydrogen-bond acceptors (Lipinski definition) is 11. The second kappa shape index (κ2) is 27.8. The third-order valence-corrected chi connectivity index (χ3v) is 9.99. The molecule has 6 amide bonds. The number of nitrogens with one attached hydrogen (secondary N) is 5. The first-order valence-electron chi connectivity index (χ1n) is 23.2. The highest BCUT2D eigenvalue weighted by molar-refractivity contribution is 5.95. The molecular weight excluding hydrogens is 863 g/mol. The van der Waals surface area contributed by atoms with Gasteiger partial charge in [-0.05, 0) is 115 Å². The predicted octanol–water partition coefficient (Wildman–Crippen LogP) is 5.54. The number of benzene rings is 2. The van der Waals surface area contributed by atoms with Crippen molar-refractivity contribution in [3.05, 3.63) is 59.7 Å². The molecule has 0 aliphatic rings. The Hall–Kier alpha value is -5.75. The number of aliphatic carboxylic acids is 1. The number of carbonyl (C=O) groups is 7. The third-order valence-electron chi connectivity index (χ3n) is 9.99. The molecule has 5 atom stereocenters. The van der Waals surface area contributed by atoms with Crippen LogP contribution >= 0.6 is 0 Å². The predicted molar refractivity (Wildman–Crippen MR) is 255 cm³/mol. The number of ether oxygens (including phenoxy) is 3. The number of nitrogens with zero attached hydrogens (tertiary/aromatic N) is 1. The summed E-state index contributed by atoms with van der Waals surface area (Å²) in [7, 11) is 0. The van der Waals surface area contributed by atoms with Gasteiger partial charge in [-0.2, -0.15) is 0 Å². The molecule has 0 spiro atoms. The molecule has 18 nitrogen and oxygen atoms in total. The van der Waals surface area contributed by atoms with E-state index in [9.17, 15) is 38.7 Å². The van der Waals surface area contributed by atoms with E-state index in [1.54, 1.807) is 48.5 Å². The van der Waals surface area contributed by atoms with Gasteiger partial charge in [0.2, 0.25) is 17.7 Å². The smallest absolute Gasteiger partial charge is 0.410 e. The highest BCUT2D eigenvalue weighted by atomic mass is 16.6. The molecule has 2 rings (SSSR count). The van der Waals surface area contributed by atoms with Gasteiger partial charge >= 0.3 is 18.2 Å². The molecule has 0 aromatic heterocycles. The van der Waals surface area contributed by atoms with Crippen molar-refractivity contribution >= 4 is 41.8 Å². The van der Waals surface area contributed by atoms with Crippen LogP contribution in [-0.2, 0) is 51.1 Å². The largest absolute Gasteiger partial charge is 0.480 e. The second-order valence-corrected chi connectivity index (χ2v) is 19.2. The zero-order chi connectivity index (χ0) is 50.5. The maximum atomic E-state index is 14.0. The molecule has 2 aromatic carbocycles. The summed E-state index contributed by atoms with van der Waals surface area (Å²) < 4.78 is 16.8. The average molecular weight is 940 g/mol. The van der Waals surface area contributed by atoms with E-state index >= 15 is 0 Å². The van der Waals surface area contributed by atoms with E-state index in [2.05, 4.69) is 57.8 Å². The fourth-order valence-electron chi connectivity index (χ4n) is 6.52. The van der Waals surface area contributed by atoms with Crippen LogP contribution in [0.4, 0.5) is 9.59 Å². The van der Waals surface area contributed by atoms with Gasteiger partial charge in [-0.15, -0.1) is 0 Å². The van der Waals surface area contributed by atoms with Crippen LogP contribution in [0.3, 0.4) is 0 Å². The third kappa shape index (κ3) is 23.0. The molecule has 0 fully saturated rings. The van der Waals surface area contributed by atoms with Crippen LogP contribution in [0.5, 0.6) is 0 Å². The molecule has 8 N–H and O–H groups in total. The Morgan fingerprint density at radius 2 is 1.28 bits per heavy atom. The van der Waals surface area contributed by atoms with Crippen molar-refractivity contribution < 1.29 is 52.9 Å². The van der Waals surface area contributed by atoms with Gasteiger partial charge < -0.3 is 56.5 Å². The summed E-state index contributed by atoms with van der Waals surface area (Å²) in [6.07, 6.45) is -0.0799. The standard InChI is InChI=1S/C49H77N7O11/c1-12-13-16-34-18-22-36(23-19-34)37-24-20-35(21-25-37)29-56(47(64)67-49(9,10)11)28-26-38(52-33(5)57)42(58)54-40(32(4)65-30-31(2)3)43(59)55-41(50)44(60)53-39(45(61)62)17-14-15-27-51-46(63)66-48(6,7)8/h18-25,31-32,38-41H,12-17,26-30,50H2,1-11H3,(H,51,63)(H,52,57)(H,53,60)(H,54,58)(H,55,59)(H,61,62)/t32-,38-,39+,40+,41+/m0/s1. The lowest BCUT2D eigenvalue weighted by Gasteiger charge is -2.30. The highest BCUT2D eigenvalue weighted by Gasteiger charge is 2.34. The van der Waals surface area contributed by atoms with E-state index in [0.29, 0.717) is 12.8 Å². The summed E-state index contributed by atoms with van der Waals surface area (Å²) in [6.45, 7) is 19.6. The number of aryl methyl sites for hydroxylation is 1. The lowest BCUT2D eigenvalue weighted by molar-refractivity contribution is -0.142. The van der Waals surface area contributed by atoms with Gasteiger partial charge in [0.15, 0.2) is 6.17 Å². The Balaban J connectivity index is 2.23. The molecule has 0 bridgehead atoms. The zero-order valence-electron chi connectivity index (χ0n) is 41.4. The van der Waals surface area contributed by atoms with Gasteiger partial charge in [-0.1, -0.05) is 75.7 Å². The Kier molecular flexibility index (Phi) is 23.8. The van der Waals surface area contributed by atoms with Crippen molar-refractivity contribution in [3.63, 3.8) is 0 Å². The Bertz CT molecular complexity index is 1910. The molecule has 0 aliphatic heterocycles. The fraction of sp³-hybridized carbons (Fsp3) is 0.612. The van der Waals surface area contributed by atoms with Crippen LogP contribution in [0.15, 0.2) is 48.5 Å². The molecule has 0 saturated carbocycles. The summed E-state index contributed by atoms with van der Waals surface area (Å²) in [6, 6.07) is 12.2. The first-order valence-corrected chi connectivity index (χ1v) is 23.2. The maximum Gasteiger partial charge on any atom is 0.410 e. The number of carbonyl (C=O) groups excluding carboxylic acids is 6. The number of carboxylic acid groups (broad SMARTS) is 1. The average Bonchev–Trinajstić information content (AvgIpc) is 3.22. The molecule has 2 aromatic rings. The van der Waals surface area contributed by atoms with E-state index in [1.165, 1.54) is 17.4 Å². The van der Waals surface area contributed by atoms with E-state index < -0.39 is 83.4 Å². The molecule has 0 unspecified atom stereocenters. The summed E-state index contributed by atoms with van der Waals surface area (Å²) in [5.41, 5.74) is 8.69. The van der Waals surface area contributed by atoms with E-state index in [4.69, 9.17) is 19.9 Å². The van der Waals surface area contributed by atoms with Crippen molar-refractivity contribution in [2.24, 2.45) is 11.7 Å². The lowest BCUT2D eigenvalue weighted by Crippen LogP contribution is -2.62. The molecule has 67 heavy (non-hydrogen) atoms. The van der Waals surface area contributed by atoms with Crippen LogP contribution in [0.1, 0.15) is 126 Å². The second-order valence-electron chi connectivity index (χ2n) is 19.2. The lowest BCUT2D eigenvalue weighted by atomic mass is 10.0. The van der Waals surface area contributed by atoms with Gasteiger partial charge in [0.05, 0.1) is 6.10 Å². The first kappa shape index (κ1) is 57.4. The first-order chi connectivity index (χ1) is 31.3. The number of alkyl carbamates (subject to hydrolysis) is 1. The van der Waals surface area contributed by atoms with Crippen LogP contribution in [0, 0.1) is 5.92 Å². The summed E-state index contributed by atoms with van der Waals surface area (Å²) in [5, 5.41) is 22.3. The fourth-order valence-corrected chi connectivity index (χ4v) is 6.52. The molecular formula is C49H77N7O11. The van der Waals surface area contributed by atoms with E-state index in [-0.39, 0.29) is 45.0 Å². The van der Waals surface area contributed by atoms with Crippen molar-refractivity contribution in [1.29, 1.82) is 0 Å². The van der Waals surface area contributed by atoms with Crippen molar-refractivity contribution in [1.82, 2.24) is 31.5 Å². The van der Waals surface area contributed by atoms with Crippen molar-refractivity contribution in [3.8, 4) is 11.1 Å². The Morgan fingerprint density at radius 3 is 1.81 bits per heavy atom. The maximum absolute atomic E-state index is 14.0. The van der Waals surface area contributed by atoms with Gasteiger partial charge in [-0.3, -0.25) is 19.2 Å². The SMILES string of the molecule is CCCCc1ccc(-c2ccc(CN(CC[C@H](NC(C)=O)C(=O)N[C@@H](C(=O)N[C@@H](N)C(=O)N[C@H](CCCCNC(=O)OC(C)(C)C)C(=O)O)[C@H](C)OCC(C)C)C(=O)OC(C)(C)C)cc2)cc1. The minimum absolute atomic E-state index is 0.00707. The van der Waals surface area contributed by atoms with E-state index in [1.807, 2.05) is 38.1 Å². The summed E-state index contributed by atoms with van der Waals surface area (Å²) in [5.74, 6) is -4.54. The number of carboxylic acids is 1. The van der Waals surface area contributed by atoms with Gasteiger partial charge in [-0.25, -0.2) is 14.4 Å².